The van der Waals surface area contributed by atoms with Crippen molar-refractivity contribution in [3.05, 3.63) is 41.4 Å². The molecule has 2 unspecified atom stereocenters. The van der Waals surface area contributed by atoms with Crippen LogP contribution in [-0.4, -0.2) is 46.9 Å². The molecule has 0 saturated carbocycles. The number of aliphatic hydroxyl groups is 1. The van der Waals surface area contributed by atoms with Crippen molar-refractivity contribution in [2.75, 3.05) is 19.8 Å². The highest BCUT2D eigenvalue weighted by Crippen LogP contribution is 2.26. The van der Waals surface area contributed by atoms with E-state index in [1.54, 1.807) is 11.3 Å². The number of ether oxygens (including phenoxy) is 1. The van der Waals surface area contributed by atoms with Crippen molar-refractivity contribution in [1.82, 2.24) is 9.88 Å². The van der Waals surface area contributed by atoms with Crippen LogP contribution in [0.4, 0.5) is 0 Å². The van der Waals surface area contributed by atoms with E-state index in [1.165, 1.54) is 4.88 Å². The summed E-state index contributed by atoms with van der Waals surface area (Å²) >= 11 is 1.73. The lowest BCUT2D eigenvalue weighted by Crippen LogP contribution is -2.48. The largest absolute Gasteiger partial charge is 0.394 e. The van der Waals surface area contributed by atoms with Gasteiger partial charge >= 0.3 is 0 Å². The quantitative estimate of drug-likeness (QED) is 0.942. The van der Waals surface area contributed by atoms with Gasteiger partial charge < -0.3 is 9.84 Å². The van der Waals surface area contributed by atoms with Crippen LogP contribution in [0.3, 0.4) is 0 Å². The van der Waals surface area contributed by atoms with E-state index in [4.69, 9.17) is 4.74 Å². The number of aromatic nitrogens is 1. The van der Waals surface area contributed by atoms with Gasteiger partial charge in [-0.05, 0) is 6.92 Å². The van der Waals surface area contributed by atoms with Gasteiger partial charge in [0.2, 0.25) is 0 Å². The zero-order valence-corrected chi connectivity index (χ0v) is 12.9. The summed E-state index contributed by atoms with van der Waals surface area (Å²) in [4.78, 5) is 8.13. The predicted molar refractivity (Wildman–Crippen MR) is 84.2 cm³/mol. The Balaban J connectivity index is 1.69. The maximum atomic E-state index is 9.25. The average molecular weight is 304 g/mol. The highest BCUT2D eigenvalue weighted by Gasteiger charge is 2.26. The maximum Gasteiger partial charge on any atom is 0.123 e. The first-order valence-corrected chi connectivity index (χ1v) is 8.04. The molecule has 1 aliphatic rings. The third kappa shape index (κ3) is 3.49. The number of hydrogen-bond donors (Lipinski definition) is 1. The molecule has 0 amide bonds. The lowest BCUT2D eigenvalue weighted by Gasteiger charge is -2.37. The van der Waals surface area contributed by atoms with Gasteiger partial charge in [0, 0.05) is 35.8 Å². The van der Waals surface area contributed by atoms with E-state index in [-0.39, 0.29) is 12.7 Å². The molecule has 0 bridgehead atoms. The lowest BCUT2D eigenvalue weighted by atomic mass is 10.2. The predicted octanol–water partition coefficient (Wildman–Crippen LogP) is 2.39. The fourth-order valence-corrected chi connectivity index (χ4v) is 3.44. The summed E-state index contributed by atoms with van der Waals surface area (Å²) in [6, 6.07) is 10.6. The minimum Gasteiger partial charge on any atom is -0.394 e. The monoisotopic (exact) mass is 304 g/mol. The molecule has 0 radical (unpaired) electrons. The van der Waals surface area contributed by atoms with Crippen molar-refractivity contribution in [1.29, 1.82) is 0 Å². The van der Waals surface area contributed by atoms with Gasteiger partial charge in [0.05, 0.1) is 19.3 Å². The van der Waals surface area contributed by atoms with Gasteiger partial charge in [0.15, 0.2) is 0 Å². The summed E-state index contributed by atoms with van der Waals surface area (Å²) in [5, 5.41) is 10.3. The van der Waals surface area contributed by atoms with Crippen LogP contribution in [0.1, 0.15) is 11.8 Å². The standard InChI is InChI=1S/C16H20N2O2S/c1-12-11-20-14(10-19)8-18(12)9-15-7-17-16(21-15)13-5-3-2-4-6-13/h2-7,12,14,19H,8-11H2,1H3. The first-order chi connectivity index (χ1) is 10.3. The molecule has 1 N–H and O–H groups in total. The van der Waals surface area contributed by atoms with Crippen molar-refractivity contribution >= 4 is 11.3 Å². The lowest BCUT2D eigenvalue weighted by molar-refractivity contribution is -0.0803. The minimum atomic E-state index is -0.0669. The summed E-state index contributed by atoms with van der Waals surface area (Å²) in [7, 11) is 0. The van der Waals surface area contributed by atoms with Crippen molar-refractivity contribution in [2.24, 2.45) is 0 Å². The summed E-state index contributed by atoms with van der Waals surface area (Å²) in [5.41, 5.74) is 1.16. The molecule has 3 rings (SSSR count). The molecule has 21 heavy (non-hydrogen) atoms. The van der Waals surface area contributed by atoms with Gasteiger partial charge in [0.1, 0.15) is 5.01 Å². The highest BCUT2D eigenvalue weighted by molar-refractivity contribution is 7.15. The van der Waals surface area contributed by atoms with E-state index in [0.29, 0.717) is 12.6 Å². The van der Waals surface area contributed by atoms with Crippen LogP contribution in [0.2, 0.25) is 0 Å². The fraction of sp³-hybridized carbons (Fsp3) is 0.438. The van der Waals surface area contributed by atoms with Crippen molar-refractivity contribution in [3.8, 4) is 10.6 Å². The third-order valence-electron chi connectivity index (χ3n) is 3.77. The number of thiazole rings is 1. The molecule has 1 aromatic heterocycles. The number of hydrogen-bond acceptors (Lipinski definition) is 5. The van der Waals surface area contributed by atoms with Crippen LogP contribution < -0.4 is 0 Å². The van der Waals surface area contributed by atoms with E-state index in [0.717, 1.165) is 23.7 Å². The molecule has 2 heterocycles. The van der Waals surface area contributed by atoms with E-state index in [9.17, 15) is 5.11 Å². The van der Waals surface area contributed by atoms with Crippen LogP contribution in [-0.2, 0) is 11.3 Å². The summed E-state index contributed by atoms with van der Waals surface area (Å²) in [6.45, 7) is 4.56. The number of morpholine rings is 1. The molecule has 0 spiro atoms. The van der Waals surface area contributed by atoms with Crippen LogP contribution >= 0.6 is 11.3 Å². The first-order valence-electron chi connectivity index (χ1n) is 7.23. The second kappa shape index (κ2) is 6.66. The smallest absolute Gasteiger partial charge is 0.123 e. The molecule has 112 valence electrons. The van der Waals surface area contributed by atoms with Gasteiger partial charge in [-0.1, -0.05) is 30.3 Å². The zero-order chi connectivity index (χ0) is 14.7. The van der Waals surface area contributed by atoms with E-state index >= 15 is 0 Å². The molecule has 4 nitrogen and oxygen atoms in total. The molecule has 1 fully saturated rings. The second-order valence-electron chi connectivity index (χ2n) is 5.41. The Hall–Kier alpha value is -1.27. The summed E-state index contributed by atoms with van der Waals surface area (Å²) in [6.07, 6.45) is 1.89. The molecular formula is C16H20N2O2S. The fourth-order valence-electron chi connectivity index (χ4n) is 2.50. The van der Waals surface area contributed by atoms with Gasteiger partial charge in [0.25, 0.3) is 0 Å². The molecule has 2 aromatic rings. The third-order valence-corrected chi connectivity index (χ3v) is 4.80. The molecule has 1 aliphatic heterocycles. The number of nitrogens with zero attached hydrogens (tertiary/aromatic N) is 2. The number of aliphatic hydroxyl groups excluding tert-OH is 1. The Kier molecular flexibility index (Phi) is 4.65. The molecule has 0 aliphatic carbocycles. The Morgan fingerprint density at radius 2 is 2.19 bits per heavy atom. The van der Waals surface area contributed by atoms with Crippen molar-refractivity contribution < 1.29 is 9.84 Å². The van der Waals surface area contributed by atoms with E-state index in [1.807, 2.05) is 24.4 Å². The molecular weight excluding hydrogens is 284 g/mol. The topological polar surface area (TPSA) is 45.6 Å². The van der Waals surface area contributed by atoms with Crippen molar-refractivity contribution in [2.45, 2.75) is 25.6 Å². The molecule has 2 atom stereocenters. The molecule has 1 saturated heterocycles. The number of rotatable bonds is 4. The highest BCUT2D eigenvalue weighted by atomic mass is 32.1. The second-order valence-corrected chi connectivity index (χ2v) is 6.53. The van der Waals surface area contributed by atoms with Gasteiger partial charge in [-0.25, -0.2) is 4.98 Å². The number of benzene rings is 1. The van der Waals surface area contributed by atoms with Crippen LogP contribution in [0, 0.1) is 0 Å². The van der Waals surface area contributed by atoms with E-state index < -0.39 is 0 Å². The summed E-state index contributed by atoms with van der Waals surface area (Å²) < 4.78 is 5.58. The first kappa shape index (κ1) is 14.7. The maximum absolute atomic E-state index is 9.25. The van der Waals surface area contributed by atoms with Gasteiger partial charge in [-0.3, -0.25) is 4.90 Å². The van der Waals surface area contributed by atoms with E-state index in [2.05, 4.69) is 28.9 Å². The Morgan fingerprint density at radius 1 is 1.38 bits per heavy atom. The zero-order valence-electron chi connectivity index (χ0n) is 12.1. The Bertz CT molecular complexity index is 573. The van der Waals surface area contributed by atoms with Gasteiger partial charge in [-0.2, -0.15) is 0 Å². The average Bonchev–Trinajstić information content (AvgIpc) is 2.99. The van der Waals surface area contributed by atoms with Crippen LogP contribution in [0.15, 0.2) is 36.5 Å². The van der Waals surface area contributed by atoms with Crippen LogP contribution in [0.5, 0.6) is 0 Å². The minimum absolute atomic E-state index is 0.0669. The molecule has 5 heteroatoms. The summed E-state index contributed by atoms with van der Waals surface area (Å²) in [5.74, 6) is 0. The Labute approximate surface area is 129 Å². The Morgan fingerprint density at radius 3 is 2.95 bits per heavy atom. The normalized spacial score (nSPS) is 23.3. The van der Waals surface area contributed by atoms with Crippen LogP contribution in [0.25, 0.3) is 10.6 Å². The SMILES string of the molecule is CC1COC(CO)CN1Cc1cnc(-c2ccccc2)s1. The molecule has 1 aromatic carbocycles. The van der Waals surface area contributed by atoms with Gasteiger partial charge in [-0.15, -0.1) is 11.3 Å². The van der Waals surface area contributed by atoms with Crippen molar-refractivity contribution in [3.63, 3.8) is 0 Å².